The zero-order chi connectivity index (χ0) is 21.7. The van der Waals surface area contributed by atoms with E-state index < -0.39 is 23.3 Å². The van der Waals surface area contributed by atoms with Crippen LogP contribution in [0.25, 0.3) is 0 Å². The van der Waals surface area contributed by atoms with Gasteiger partial charge in [0.15, 0.2) is 0 Å². The van der Waals surface area contributed by atoms with Gasteiger partial charge in [0.1, 0.15) is 5.15 Å². The fraction of sp³-hybridized carbons (Fsp3) is 0.316. The molecule has 0 saturated heterocycles. The van der Waals surface area contributed by atoms with Crippen molar-refractivity contribution in [2.24, 2.45) is 5.92 Å². The van der Waals surface area contributed by atoms with Crippen LogP contribution in [0.1, 0.15) is 24.0 Å². The van der Waals surface area contributed by atoms with Crippen LogP contribution in [0.4, 0.5) is 23.7 Å². The highest BCUT2D eigenvalue weighted by Gasteiger charge is 2.59. The van der Waals surface area contributed by atoms with Gasteiger partial charge in [-0.3, -0.25) is 9.36 Å². The smallest absolute Gasteiger partial charge is 0.310 e. The number of amides is 2. The van der Waals surface area contributed by atoms with Gasteiger partial charge in [0.25, 0.3) is 5.56 Å². The second-order valence-electron chi connectivity index (χ2n) is 7.04. The van der Waals surface area contributed by atoms with Crippen molar-refractivity contribution < 1.29 is 18.0 Å². The van der Waals surface area contributed by atoms with Crippen molar-refractivity contribution in [3.8, 4) is 11.8 Å². The van der Waals surface area contributed by atoms with E-state index in [-0.39, 0.29) is 33.9 Å². The Labute approximate surface area is 178 Å². The Balaban J connectivity index is 1.82. The second kappa shape index (κ2) is 7.22. The van der Waals surface area contributed by atoms with Crippen LogP contribution in [-0.2, 0) is 12.1 Å². The van der Waals surface area contributed by atoms with Crippen molar-refractivity contribution in [3.63, 3.8) is 0 Å². The van der Waals surface area contributed by atoms with E-state index in [1.807, 2.05) is 5.32 Å². The molecule has 156 valence electrons. The number of aromatic nitrogens is 2. The van der Waals surface area contributed by atoms with E-state index in [1.54, 1.807) is 0 Å². The predicted octanol–water partition coefficient (Wildman–Crippen LogP) is 3.90. The number of anilines is 1. The van der Waals surface area contributed by atoms with E-state index in [1.165, 1.54) is 17.0 Å². The van der Waals surface area contributed by atoms with Crippen molar-refractivity contribution in [2.45, 2.75) is 31.1 Å². The van der Waals surface area contributed by atoms with E-state index >= 15 is 0 Å². The molecule has 2 aliphatic rings. The summed E-state index contributed by atoms with van der Waals surface area (Å²) in [6.45, 7) is -0.0782. The molecular weight excluding hydrogens is 444 g/mol. The molecule has 2 N–H and O–H groups in total. The summed E-state index contributed by atoms with van der Waals surface area (Å²) in [5, 5.41) is 4.29. The minimum atomic E-state index is -4.89. The number of carbonyl (C=O) groups excluding carboxylic acids is 1. The fourth-order valence-electron chi connectivity index (χ4n) is 3.08. The van der Waals surface area contributed by atoms with Gasteiger partial charge in [0.2, 0.25) is 5.54 Å². The average Bonchev–Trinajstić information content (AvgIpc) is 3.46. The number of alkyl halides is 3. The van der Waals surface area contributed by atoms with Gasteiger partial charge < -0.3 is 10.6 Å². The number of urea groups is 1. The van der Waals surface area contributed by atoms with Crippen LogP contribution in [0, 0.1) is 17.8 Å². The Kier molecular flexibility index (Phi) is 4.95. The normalized spacial score (nSPS) is 20.5. The van der Waals surface area contributed by atoms with E-state index in [4.69, 9.17) is 23.2 Å². The number of fused-ring (bicyclic) bond motifs is 1. The van der Waals surface area contributed by atoms with E-state index in [9.17, 15) is 22.8 Å². The first kappa shape index (κ1) is 20.6. The van der Waals surface area contributed by atoms with Crippen molar-refractivity contribution >= 4 is 34.9 Å². The molecule has 30 heavy (non-hydrogen) atoms. The first-order valence-corrected chi connectivity index (χ1v) is 9.58. The molecule has 0 bridgehead atoms. The lowest BCUT2D eigenvalue weighted by Crippen LogP contribution is -2.59. The lowest BCUT2D eigenvalue weighted by Gasteiger charge is -2.37. The Morgan fingerprint density at radius 1 is 1.23 bits per heavy atom. The third-order valence-electron chi connectivity index (χ3n) is 4.79. The fourth-order valence-corrected chi connectivity index (χ4v) is 3.44. The van der Waals surface area contributed by atoms with Gasteiger partial charge in [-0.15, -0.1) is 0 Å². The van der Waals surface area contributed by atoms with Crippen LogP contribution in [-0.4, -0.2) is 21.8 Å². The molecule has 1 saturated carbocycles. The molecule has 1 fully saturated rings. The lowest BCUT2D eigenvalue weighted by molar-refractivity contribution is -0.178. The number of hydrogen-bond donors (Lipinski definition) is 2. The molecule has 2 heterocycles. The lowest BCUT2D eigenvalue weighted by atomic mass is 9.85. The first-order valence-electron chi connectivity index (χ1n) is 8.82. The van der Waals surface area contributed by atoms with Crippen molar-refractivity contribution in [3.05, 3.63) is 56.2 Å². The summed E-state index contributed by atoms with van der Waals surface area (Å²) in [6, 6.07) is 2.48. The number of carbonyl (C=O) groups is 1. The zero-order valence-corrected chi connectivity index (χ0v) is 16.6. The Morgan fingerprint density at radius 3 is 2.60 bits per heavy atom. The van der Waals surface area contributed by atoms with Gasteiger partial charge in [-0.2, -0.15) is 13.2 Å². The summed E-state index contributed by atoms with van der Waals surface area (Å²) in [5.41, 5.74) is -3.42. The number of nitrogens with zero attached hydrogens (tertiary/aromatic N) is 2. The summed E-state index contributed by atoms with van der Waals surface area (Å²) < 4.78 is 43.6. The highest BCUT2D eigenvalue weighted by molar-refractivity contribution is 6.31. The maximum absolute atomic E-state index is 14.1. The van der Waals surface area contributed by atoms with Crippen LogP contribution in [0.2, 0.25) is 10.2 Å². The molecule has 1 atom stereocenters. The SMILES string of the molecule is O=C1Nc2cc(Cn3cnc(Cl)cc3=O)c(Cl)cc2[C@@](C#CC2CC2)(C(F)(F)F)N1. The molecule has 0 radical (unpaired) electrons. The summed E-state index contributed by atoms with van der Waals surface area (Å²) >= 11 is 11.9. The third-order valence-corrected chi connectivity index (χ3v) is 5.35. The number of hydrogen-bond acceptors (Lipinski definition) is 3. The standard InChI is InChI=1S/C19H13Cl2F3N4O2/c20-13-6-12-14(5-11(13)8-28-9-25-15(21)7-16(28)29)26-17(30)27-18(12,19(22,23)24)4-3-10-1-2-10/h5-7,9-10H,1-2,8H2,(H2,26,27,30)/t18-/m0/s1. The minimum Gasteiger partial charge on any atom is -0.310 e. The maximum atomic E-state index is 14.1. The van der Waals surface area contributed by atoms with Gasteiger partial charge in [0.05, 0.1) is 12.9 Å². The highest BCUT2D eigenvalue weighted by Crippen LogP contribution is 2.45. The molecule has 2 amide bonds. The van der Waals surface area contributed by atoms with Crippen LogP contribution < -0.4 is 16.2 Å². The van der Waals surface area contributed by atoms with Gasteiger partial charge >= 0.3 is 12.2 Å². The predicted molar refractivity (Wildman–Crippen MR) is 104 cm³/mol. The molecular formula is C19H13Cl2F3N4O2. The van der Waals surface area contributed by atoms with Crippen LogP contribution in [0.3, 0.4) is 0 Å². The van der Waals surface area contributed by atoms with Crippen molar-refractivity contribution in [2.75, 3.05) is 5.32 Å². The summed E-state index contributed by atoms with van der Waals surface area (Å²) in [7, 11) is 0. The van der Waals surface area contributed by atoms with E-state index in [0.29, 0.717) is 5.56 Å². The molecule has 6 nitrogen and oxygen atoms in total. The maximum Gasteiger partial charge on any atom is 0.427 e. The van der Waals surface area contributed by atoms with Crippen LogP contribution >= 0.6 is 23.2 Å². The second-order valence-corrected chi connectivity index (χ2v) is 7.83. The van der Waals surface area contributed by atoms with Gasteiger partial charge in [0, 0.05) is 28.3 Å². The molecule has 1 aromatic heterocycles. The van der Waals surface area contributed by atoms with Gasteiger partial charge in [-0.05, 0) is 30.5 Å². The molecule has 11 heteroatoms. The zero-order valence-electron chi connectivity index (χ0n) is 15.1. The van der Waals surface area contributed by atoms with Crippen molar-refractivity contribution in [1.82, 2.24) is 14.9 Å². The third kappa shape index (κ3) is 3.73. The number of nitrogens with one attached hydrogen (secondary N) is 2. The molecule has 4 rings (SSSR count). The van der Waals surface area contributed by atoms with Crippen molar-refractivity contribution in [1.29, 1.82) is 0 Å². The van der Waals surface area contributed by atoms with E-state index in [2.05, 4.69) is 22.1 Å². The molecule has 0 spiro atoms. The quantitative estimate of drug-likeness (QED) is 0.531. The molecule has 1 aromatic carbocycles. The summed E-state index contributed by atoms with van der Waals surface area (Å²) in [4.78, 5) is 27.9. The van der Waals surface area contributed by atoms with Crippen LogP contribution in [0.15, 0.2) is 29.3 Å². The molecule has 1 aliphatic carbocycles. The van der Waals surface area contributed by atoms with Gasteiger partial charge in [-0.25, -0.2) is 9.78 Å². The van der Waals surface area contributed by atoms with Gasteiger partial charge in [-0.1, -0.05) is 35.0 Å². The Morgan fingerprint density at radius 2 is 1.97 bits per heavy atom. The largest absolute Gasteiger partial charge is 0.427 e. The summed E-state index contributed by atoms with van der Waals surface area (Å²) in [5.74, 6) is 4.74. The first-order chi connectivity index (χ1) is 14.1. The molecule has 2 aromatic rings. The monoisotopic (exact) mass is 456 g/mol. The minimum absolute atomic E-state index is 0.00956. The topological polar surface area (TPSA) is 76.0 Å². The number of halogens is 5. The number of benzene rings is 1. The van der Waals surface area contributed by atoms with Crippen LogP contribution in [0.5, 0.6) is 0 Å². The Hall–Kier alpha value is -2.70. The highest BCUT2D eigenvalue weighted by atomic mass is 35.5. The number of rotatable bonds is 2. The summed E-state index contributed by atoms with van der Waals surface area (Å²) in [6.07, 6.45) is -2.24. The Bertz CT molecular complexity index is 1170. The molecule has 0 unspecified atom stereocenters. The van der Waals surface area contributed by atoms with E-state index in [0.717, 1.165) is 25.0 Å². The average molecular weight is 457 g/mol. The molecule has 1 aliphatic heterocycles.